The van der Waals surface area contributed by atoms with Crippen molar-refractivity contribution in [1.29, 1.82) is 0 Å². The van der Waals surface area contributed by atoms with Crippen LogP contribution in [-0.2, 0) is 18.4 Å². The summed E-state index contributed by atoms with van der Waals surface area (Å²) in [5.41, 5.74) is 0.965. The fraction of sp³-hybridized carbons (Fsp3) is 0.250. The molecule has 0 fully saturated rings. The van der Waals surface area contributed by atoms with Crippen LogP contribution in [0.4, 0.5) is 5.69 Å². The lowest BCUT2D eigenvalue weighted by atomic mass is 10.3. The number of aryl methyl sites for hydroxylation is 2. The molecule has 0 aliphatic carbocycles. The van der Waals surface area contributed by atoms with E-state index in [0.717, 1.165) is 0 Å². The molecule has 8 heteroatoms. The van der Waals surface area contributed by atoms with Crippen LogP contribution in [0.25, 0.3) is 11.0 Å². The Labute approximate surface area is 137 Å². The maximum absolute atomic E-state index is 12.3. The van der Waals surface area contributed by atoms with E-state index in [0.29, 0.717) is 22.5 Å². The Balaban J connectivity index is 1.68. The highest BCUT2D eigenvalue weighted by Gasteiger charge is 2.09. The van der Waals surface area contributed by atoms with Gasteiger partial charge in [0, 0.05) is 31.8 Å². The molecule has 0 aliphatic heterocycles. The second kappa shape index (κ2) is 6.53. The number of fused-ring (bicyclic) bond motifs is 1. The Morgan fingerprint density at radius 3 is 3.00 bits per heavy atom. The third kappa shape index (κ3) is 3.12. The van der Waals surface area contributed by atoms with Crippen molar-refractivity contribution in [1.82, 2.24) is 19.3 Å². The van der Waals surface area contributed by atoms with Gasteiger partial charge in [0.25, 0.3) is 5.56 Å². The van der Waals surface area contributed by atoms with Crippen LogP contribution < -0.4 is 15.6 Å². The largest absolute Gasteiger partial charge is 0.497 e. The van der Waals surface area contributed by atoms with Crippen molar-refractivity contribution >= 4 is 22.6 Å². The van der Waals surface area contributed by atoms with Crippen molar-refractivity contribution < 1.29 is 9.53 Å². The molecule has 0 saturated carbocycles. The number of anilines is 1. The Hall–Kier alpha value is -3.16. The molecule has 24 heavy (non-hydrogen) atoms. The third-order valence-electron chi connectivity index (χ3n) is 3.65. The molecule has 0 spiro atoms. The topological polar surface area (TPSA) is 91.0 Å². The van der Waals surface area contributed by atoms with Gasteiger partial charge in [-0.05, 0) is 12.1 Å². The molecular formula is C16H17N5O3. The van der Waals surface area contributed by atoms with E-state index in [-0.39, 0.29) is 24.4 Å². The molecule has 2 heterocycles. The van der Waals surface area contributed by atoms with Crippen molar-refractivity contribution in [2.45, 2.75) is 13.0 Å². The molecule has 124 valence electrons. The zero-order chi connectivity index (χ0) is 17.1. The van der Waals surface area contributed by atoms with Gasteiger partial charge in [0.2, 0.25) is 5.91 Å². The monoisotopic (exact) mass is 327 g/mol. The summed E-state index contributed by atoms with van der Waals surface area (Å²) in [4.78, 5) is 28.6. The maximum Gasteiger partial charge on any atom is 0.264 e. The Morgan fingerprint density at radius 1 is 1.38 bits per heavy atom. The van der Waals surface area contributed by atoms with Crippen LogP contribution >= 0.6 is 0 Å². The predicted molar refractivity (Wildman–Crippen MR) is 89.0 cm³/mol. The highest BCUT2D eigenvalue weighted by Crippen LogP contribution is 2.16. The number of amides is 1. The van der Waals surface area contributed by atoms with Crippen molar-refractivity contribution in [2.24, 2.45) is 7.05 Å². The number of benzene rings is 1. The first-order valence-corrected chi connectivity index (χ1v) is 7.39. The molecule has 8 nitrogen and oxygen atoms in total. The second-order valence-electron chi connectivity index (χ2n) is 5.28. The lowest BCUT2D eigenvalue weighted by molar-refractivity contribution is -0.116. The van der Waals surface area contributed by atoms with E-state index in [2.05, 4.69) is 15.4 Å². The summed E-state index contributed by atoms with van der Waals surface area (Å²) in [6.07, 6.45) is 3.08. The maximum atomic E-state index is 12.3. The molecule has 0 bridgehead atoms. The van der Waals surface area contributed by atoms with E-state index in [1.165, 1.54) is 21.8 Å². The lowest BCUT2D eigenvalue weighted by Crippen LogP contribution is -2.23. The van der Waals surface area contributed by atoms with Gasteiger partial charge < -0.3 is 10.1 Å². The van der Waals surface area contributed by atoms with Gasteiger partial charge in [-0.1, -0.05) is 6.07 Å². The summed E-state index contributed by atoms with van der Waals surface area (Å²) in [5, 5.41) is 7.23. The van der Waals surface area contributed by atoms with Crippen LogP contribution in [0.1, 0.15) is 6.42 Å². The van der Waals surface area contributed by atoms with Gasteiger partial charge in [0.1, 0.15) is 11.1 Å². The molecule has 0 saturated heterocycles. The highest BCUT2D eigenvalue weighted by molar-refractivity contribution is 5.90. The van der Waals surface area contributed by atoms with Crippen LogP contribution in [0.2, 0.25) is 0 Å². The fourth-order valence-electron chi connectivity index (χ4n) is 2.37. The van der Waals surface area contributed by atoms with Gasteiger partial charge in [0.05, 0.1) is 19.6 Å². The van der Waals surface area contributed by atoms with Crippen molar-refractivity contribution in [2.75, 3.05) is 12.4 Å². The van der Waals surface area contributed by atoms with E-state index >= 15 is 0 Å². The molecule has 0 radical (unpaired) electrons. The summed E-state index contributed by atoms with van der Waals surface area (Å²) in [7, 11) is 3.29. The normalized spacial score (nSPS) is 10.8. The van der Waals surface area contributed by atoms with Crippen molar-refractivity contribution in [3.05, 3.63) is 47.1 Å². The Morgan fingerprint density at radius 2 is 2.21 bits per heavy atom. The van der Waals surface area contributed by atoms with E-state index in [1.54, 1.807) is 38.4 Å². The molecule has 0 atom stereocenters. The van der Waals surface area contributed by atoms with E-state index in [1.807, 2.05) is 0 Å². The van der Waals surface area contributed by atoms with E-state index in [9.17, 15) is 9.59 Å². The number of carbonyl (C=O) groups is 1. The Bertz CT molecular complexity index is 944. The van der Waals surface area contributed by atoms with Crippen molar-refractivity contribution in [3.63, 3.8) is 0 Å². The summed E-state index contributed by atoms with van der Waals surface area (Å²) in [5.74, 6) is 0.469. The number of rotatable bonds is 5. The lowest BCUT2D eigenvalue weighted by Gasteiger charge is -2.08. The average Bonchev–Trinajstić information content (AvgIpc) is 2.96. The second-order valence-corrected chi connectivity index (χ2v) is 5.28. The van der Waals surface area contributed by atoms with E-state index < -0.39 is 0 Å². The minimum Gasteiger partial charge on any atom is -0.497 e. The van der Waals surface area contributed by atoms with Crippen LogP contribution in [-0.4, -0.2) is 32.3 Å². The first-order valence-electron chi connectivity index (χ1n) is 7.39. The molecular weight excluding hydrogens is 310 g/mol. The summed E-state index contributed by atoms with van der Waals surface area (Å²) in [6, 6.07) is 7.09. The van der Waals surface area contributed by atoms with Gasteiger partial charge in [-0.2, -0.15) is 5.10 Å². The average molecular weight is 327 g/mol. The number of carbonyl (C=O) groups excluding carboxylic acids is 1. The van der Waals surface area contributed by atoms with Crippen LogP contribution in [0.15, 0.2) is 41.6 Å². The van der Waals surface area contributed by atoms with Gasteiger partial charge in [-0.25, -0.2) is 4.98 Å². The molecule has 3 aromatic rings. The number of methoxy groups -OCH3 is 1. The number of nitrogens with zero attached hydrogens (tertiary/aromatic N) is 4. The quantitative estimate of drug-likeness (QED) is 0.759. The number of nitrogens with one attached hydrogen (secondary N) is 1. The van der Waals surface area contributed by atoms with Gasteiger partial charge in [-0.3, -0.25) is 18.8 Å². The standard InChI is InChI=1S/C16H17N5O3/c1-20-15-13(9-18-20)16(23)21(10-17-15)7-6-14(22)19-11-4-3-5-12(8-11)24-2/h3-5,8-10H,6-7H2,1-2H3,(H,19,22). The summed E-state index contributed by atoms with van der Waals surface area (Å²) < 4.78 is 8.06. The molecule has 2 aromatic heterocycles. The minimum absolute atomic E-state index is 0.157. The van der Waals surface area contributed by atoms with Crippen LogP contribution in [0.3, 0.4) is 0 Å². The molecule has 1 amide bonds. The summed E-state index contributed by atoms with van der Waals surface area (Å²) >= 11 is 0. The minimum atomic E-state index is -0.206. The highest BCUT2D eigenvalue weighted by atomic mass is 16.5. The third-order valence-corrected chi connectivity index (χ3v) is 3.65. The SMILES string of the molecule is COc1cccc(NC(=O)CCn2cnc3c(cnn3C)c2=O)c1. The number of ether oxygens (including phenoxy) is 1. The predicted octanol–water partition coefficient (Wildman–Crippen LogP) is 1.17. The van der Waals surface area contributed by atoms with Gasteiger partial charge in [-0.15, -0.1) is 0 Å². The smallest absolute Gasteiger partial charge is 0.264 e. The number of hydrogen-bond acceptors (Lipinski definition) is 5. The first kappa shape index (κ1) is 15.7. The molecule has 3 rings (SSSR count). The fourth-order valence-corrected chi connectivity index (χ4v) is 2.37. The Kier molecular flexibility index (Phi) is 4.28. The van der Waals surface area contributed by atoms with Crippen molar-refractivity contribution in [3.8, 4) is 5.75 Å². The van der Waals surface area contributed by atoms with Gasteiger partial charge in [0.15, 0.2) is 5.65 Å². The zero-order valence-electron chi connectivity index (χ0n) is 13.4. The molecule has 0 aliphatic rings. The molecule has 0 unspecified atom stereocenters. The first-order chi connectivity index (χ1) is 11.6. The number of aromatic nitrogens is 4. The zero-order valence-corrected chi connectivity index (χ0v) is 13.4. The molecule has 1 N–H and O–H groups in total. The van der Waals surface area contributed by atoms with Gasteiger partial charge >= 0.3 is 0 Å². The van der Waals surface area contributed by atoms with E-state index in [4.69, 9.17) is 4.74 Å². The summed E-state index contributed by atoms with van der Waals surface area (Å²) in [6.45, 7) is 0.243. The molecule has 1 aromatic carbocycles. The number of hydrogen-bond donors (Lipinski definition) is 1. The van der Waals surface area contributed by atoms with Crippen LogP contribution in [0.5, 0.6) is 5.75 Å². The van der Waals surface area contributed by atoms with Crippen LogP contribution in [0, 0.1) is 0 Å².